The minimum Gasteiger partial charge on any atom is -0.295 e. The van der Waals surface area contributed by atoms with Crippen molar-refractivity contribution < 1.29 is 4.79 Å². The molecule has 1 aliphatic rings. The van der Waals surface area contributed by atoms with E-state index >= 15 is 0 Å². The smallest absolute Gasteiger partial charge is 0.155 e. The van der Waals surface area contributed by atoms with E-state index in [2.05, 4.69) is 68.5 Å². The average molecular weight is 276 g/mol. The number of carbonyl (C=O) groups is 1. The highest BCUT2D eigenvalue weighted by molar-refractivity contribution is 5.91. The number of rotatable bonds is 2. The van der Waals surface area contributed by atoms with Crippen LogP contribution in [-0.2, 0) is 10.2 Å². The molecule has 3 rings (SSSR count). The molecule has 0 fully saturated rings. The van der Waals surface area contributed by atoms with Gasteiger partial charge in [0.2, 0.25) is 0 Å². The summed E-state index contributed by atoms with van der Waals surface area (Å²) in [6.07, 6.45) is 5.32. The molecule has 0 amide bonds. The van der Waals surface area contributed by atoms with Gasteiger partial charge >= 0.3 is 0 Å². The zero-order valence-corrected chi connectivity index (χ0v) is 12.6. The summed E-state index contributed by atoms with van der Waals surface area (Å²) < 4.78 is 0. The van der Waals surface area contributed by atoms with Gasteiger partial charge in [-0.25, -0.2) is 0 Å². The van der Waals surface area contributed by atoms with Gasteiger partial charge < -0.3 is 0 Å². The molecule has 0 N–H and O–H groups in total. The summed E-state index contributed by atoms with van der Waals surface area (Å²) in [7, 11) is 0. The van der Waals surface area contributed by atoms with E-state index in [0.717, 1.165) is 6.42 Å². The first kappa shape index (κ1) is 13.8. The summed E-state index contributed by atoms with van der Waals surface area (Å²) in [5, 5.41) is 0. The number of ketones is 1. The molecule has 0 aromatic heterocycles. The van der Waals surface area contributed by atoms with E-state index in [0.29, 0.717) is 6.42 Å². The minimum absolute atomic E-state index is 0.175. The molecular formula is C20H20O. The maximum absolute atomic E-state index is 11.7. The van der Waals surface area contributed by atoms with Gasteiger partial charge in [0.15, 0.2) is 5.78 Å². The highest BCUT2D eigenvalue weighted by Crippen LogP contribution is 2.42. The monoisotopic (exact) mass is 276 g/mol. The molecule has 1 heteroatoms. The third-order valence-electron chi connectivity index (χ3n) is 4.48. The summed E-state index contributed by atoms with van der Waals surface area (Å²) in [5.74, 6) is 0.229. The lowest BCUT2D eigenvalue weighted by Gasteiger charge is -2.35. The molecule has 0 radical (unpaired) electrons. The highest BCUT2D eigenvalue weighted by Gasteiger charge is 2.35. The lowest BCUT2D eigenvalue weighted by atomic mass is 9.67. The van der Waals surface area contributed by atoms with Gasteiger partial charge in [-0.05, 0) is 43.0 Å². The van der Waals surface area contributed by atoms with Crippen molar-refractivity contribution in [1.82, 2.24) is 0 Å². The average Bonchev–Trinajstić information content (AvgIpc) is 2.49. The number of hydrogen-bond donors (Lipinski definition) is 0. The van der Waals surface area contributed by atoms with Crippen molar-refractivity contribution in [2.45, 2.75) is 32.1 Å². The number of benzene rings is 2. The molecular weight excluding hydrogens is 256 g/mol. The maximum Gasteiger partial charge on any atom is 0.155 e. The van der Waals surface area contributed by atoms with Crippen molar-refractivity contribution in [3.8, 4) is 0 Å². The van der Waals surface area contributed by atoms with Gasteiger partial charge in [-0.2, -0.15) is 0 Å². The van der Waals surface area contributed by atoms with Crippen LogP contribution in [0.5, 0.6) is 0 Å². The molecule has 0 saturated carbocycles. The van der Waals surface area contributed by atoms with Gasteiger partial charge in [-0.3, -0.25) is 4.79 Å². The molecule has 1 aliphatic carbocycles. The number of hydrogen-bond acceptors (Lipinski definition) is 1. The van der Waals surface area contributed by atoms with Crippen molar-refractivity contribution in [2.75, 3.05) is 0 Å². The number of aryl methyl sites for hydroxylation is 2. The van der Waals surface area contributed by atoms with Gasteiger partial charge in [0.1, 0.15) is 0 Å². The largest absolute Gasteiger partial charge is 0.295 e. The highest BCUT2D eigenvalue weighted by atomic mass is 16.1. The van der Waals surface area contributed by atoms with Crippen molar-refractivity contribution in [1.29, 1.82) is 0 Å². The molecule has 0 bridgehead atoms. The number of allylic oxidation sites excluding steroid dienone is 2. The van der Waals surface area contributed by atoms with Crippen LogP contribution >= 0.6 is 0 Å². The summed E-state index contributed by atoms with van der Waals surface area (Å²) in [6.45, 7) is 4.27. The Hall–Kier alpha value is -2.15. The third kappa shape index (κ3) is 2.44. The van der Waals surface area contributed by atoms with Gasteiger partial charge in [0, 0.05) is 11.8 Å². The van der Waals surface area contributed by atoms with Gasteiger partial charge in [0.25, 0.3) is 0 Å². The van der Waals surface area contributed by atoms with Crippen molar-refractivity contribution in [3.05, 3.63) is 82.9 Å². The molecule has 0 spiro atoms. The van der Waals surface area contributed by atoms with Crippen LogP contribution in [0.15, 0.2) is 60.7 Å². The zero-order valence-electron chi connectivity index (χ0n) is 12.6. The van der Waals surface area contributed by atoms with Crippen molar-refractivity contribution in [2.24, 2.45) is 0 Å². The van der Waals surface area contributed by atoms with Crippen LogP contribution in [0.1, 0.15) is 35.1 Å². The van der Waals surface area contributed by atoms with Gasteiger partial charge in [0.05, 0.1) is 0 Å². The molecule has 21 heavy (non-hydrogen) atoms. The standard InChI is InChI=1S/C20H20O/c1-15-6-5-8-17(14-15)20(12-10-18(21)11-13-20)19-9-4-3-7-16(19)2/h3-10,12,14H,11,13H2,1-2H3. The van der Waals surface area contributed by atoms with E-state index in [1.165, 1.54) is 22.3 Å². The normalized spacial score (nSPS) is 21.5. The quantitative estimate of drug-likeness (QED) is 0.788. The van der Waals surface area contributed by atoms with E-state index in [1.807, 2.05) is 0 Å². The fraction of sp³-hybridized carbons (Fsp3) is 0.250. The SMILES string of the molecule is Cc1cccc(C2(c3ccccc3C)C=CC(=O)CC2)c1. The first-order valence-corrected chi connectivity index (χ1v) is 7.47. The van der Waals surface area contributed by atoms with E-state index in [9.17, 15) is 4.79 Å². The molecule has 0 heterocycles. The van der Waals surface area contributed by atoms with E-state index in [4.69, 9.17) is 0 Å². The molecule has 0 aliphatic heterocycles. The molecule has 2 aromatic rings. The van der Waals surface area contributed by atoms with Crippen LogP contribution in [0.4, 0.5) is 0 Å². The minimum atomic E-state index is -0.175. The Morgan fingerprint density at radius 1 is 1.00 bits per heavy atom. The fourth-order valence-corrected chi connectivity index (χ4v) is 3.34. The molecule has 1 unspecified atom stereocenters. The summed E-state index contributed by atoms with van der Waals surface area (Å²) in [6, 6.07) is 17.1. The summed E-state index contributed by atoms with van der Waals surface area (Å²) >= 11 is 0. The fourth-order valence-electron chi connectivity index (χ4n) is 3.34. The van der Waals surface area contributed by atoms with Crippen LogP contribution in [0, 0.1) is 13.8 Å². The lowest BCUT2D eigenvalue weighted by Crippen LogP contribution is -2.30. The predicted octanol–water partition coefficient (Wildman–Crippen LogP) is 4.51. The zero-order chi connectivity index (χ0) is 14.9. The van der Waals surface area contributed by atoms with E-state index < -0.39 is 0 Å². The third-order valence-corrected chi connectivity index (χ3v) is 4.48. The first-order valence-electron chi connectivity index (χ1n) is 7.47. The van der Waals surface area contributed by atoms with E-state index in [-0.39, 0.29) is 11.2 Å². The Morgan fingerprint density at radius 3 is 2.48 bits per heavy atom. The topological polar surface area (TPSA) is 17.1 Å². The lowest BCUT2D eigenvalue weighted by molar-refractivity contribution is -0.115. The number of carbonyl (C=O) groups excluding carboxylic acids is 1. The molecule has 1 atom stereocenters. The maximum atomic E-state index is 11.7. The van der Waals surface area contributed by atoms with E-state index in [1.54, 1.807) is 6.08 Å². The van der Waals surface area contributed by atoms with Crippen molar-refractivity contribution >= 4 is 5.78 Å². The van der Waals surface area contributed by atoms with Crippen LogP contribution < -0.4 is 0 Å². The summed E-state index contributed by atoms with van der Waals surface area (Å²) in [4.78, 5) is 11.7. The molecule has 1 nitrogen and oxygen atoms in total. The van der Waals surface area contributed by atoms with Crippen LogP contribution in [-0.4, -0.2) is 5.78 Å². The Morgan fingerprint density at radius 2 is 1.81 bits per heavy atom. The Labute approximate surface area is 126 Å². The first-order chi connectivity index (χ1) is 10.1. The Kier molecular flexibility index (Phi) is 3.50. The molecule has 2 aromatic carbocycles. The van der Waals surface area contributed by atoms with Crippen LogP contribution in [0.25, 0.3) is 0 Å². The van der Waals surface area contributed by atoms with Crippen LogP contribution in [0.2, 0.25) is 0 Å². The van der Waals surface area contributed by atoms with Crippen molar-refractivity contribution in [3.63, 3.8) is 0 Å². The predicted molar refractivity (Wildman–Crippen MR) is 86.5 cm³/mol. The summed E-state index contributed by atoms with van der Waals surface area (Å²) in [5.41, 5.74) is 4.94. The Balaban J connectivity index is 2.24. The second-order valence-electron chi connectivity index (χ2n) is 5.96. The molecule has 0 saturated heterocycles. The van der Waals surface area contributed by atoms with Gasteiger partial charge in [-0.15, -0.1) is 0 Å². The second-order valence-corrected chi connectivity index (χ2v) is 5.96. The Bertz CT molecular complexity index is 711. The van der Waals surface area contributed by atoms with Crippen LogP contribution in [0.3, 0.4) is 0 Å². The van der Waals surface area contributed by atoms with Gasteiger partial charge in [-0.1, -0.05) is 60.2 Å². The molecule has 106 valence electrons. The second kappa shape index (κ2) is 5.33.